The van der Waals surface area contributed by atoms with Gasteiger partial charge in [0.25, 0.3) is 0 Å². The summed E-state index contributed by atoms with van der Waals surface area (Å²) in [4.78, 5) is 0. The average molecular weight is 222 g/mol. The lowest BCUT2D eigenvalue weighted by molar-refractivity contribution is 0.145. The molecule has 3 N–H and O–H groups in total. The van der Waals surface area contributed by atoms with Crippen LogP contribution in [0.25, 0.3) is 0 Å². The van der Waals surface area contributed by atoms with Gasteiger partial charge in [-0.05, 0) is 27.7 Å². The van der Waals surface area contributed by atoms with Crippen LogP contribution in [0.2, 0.25) is 0 Å². The molecule has 0 unspecified atom stereocenters. The van der Waals surface area contributed by atoms with E-state index in [9.17, 15) is 4.57 Å². The molecule has 14 heavy (non-hydrogen) atoms. The summed E-state index contributed by atoms with van der Waals surface area (Å²) in [7, 11) is -3.24. The van der Waals surface area contributed by atoms with Crippen molar-refractivity contribution in [3.8, 4) is 0 Å². The Morgan fingerprint density at radius 3 is 1.86 bits per heavy atom. The van der Waals surface area contributed by atoms with Gasteiger partial charge in [-0.1, -0.05) is 0 Å². The van der Waals surface area contributed by atoms with Crippen LogP contribution < -0.4 is 5.73 Å². The van der Waals surface area contributed by atoms with Gasteiger partial charge < -0.3 is 14.8 Å². The molecule has 0 bridgehead atoms. The van der Waals surface area contributed by atoms with Crippen molar-refractivity contribution < 1.29 is 13.6 Å². The number of hydrogen-bond acceptors (Lipinski definition) is 4. The van der Waals surface area contributed by atoms with E-state index in [1.165, 1.54) is 0 Å². The maximum atomic E-state index is 12.0. The summed E-state index contributed by atoms with van der Waals surface area (Å²) in [6.07, 6.45) is -0.568. The Hall–Kier alpha value is -0.380. The van der Waals surface area contributed by atoms with Gasteiger partial charge in [-0.2, -0.15) is 0 Å². The predicted molar refractivity (Wildman–Crippen MR) is 56.8 cm³/mol. The Balaban J connectivity index is 4.49. The maximum Gasteiger partial charge on any atom is 0.338 e. The van der Waals surface area contributed by atoms with Gasteiger partial charge in [0, 0.05) is 0 Å². The summed E-state index contributed by atoms with van der Waals surface area (Å²) in [5, 5.41) is 7.08. The number of hydrogen-bond donors (Lipinski definition) is 2. The quantitative estimate of drug-likeness (QED) is 0.408. The monoisotopic (exact) mass is 222 g/mol. The molecule has 0 saturated heterocycles. The molecule has 0 aromatic heterocycles. The third-order valence-electron chi connectivity index (χ3n) is 1.11. The summed E-state index contributed by atoms with van der Waals surface area (Å²) < 4.78 is 22.3. The highest BCUT2D eigenvalue weighted by molar-refractivity contribution is 7.54. The van der Waals surface area contributed by atoms with E-state index in [0.717, 1.165) is 0 Å². The number of rotatable bonds is 6. The van der Waals surface area contributed by atoms with Crippen molar-refractivity contribution in [2.24, 2.45) is 5.73 Å². The minimum Gasteiger partial charge on any atom is -0.387 e. The van der Waals surface area contributed by atoms with Crippen LogP contribution in [-0.2, 0) is 13.6 Å². The van der Waals surface area contributed by atoms with Crippen molar-refractivity contribution in [2.45, 2.75) is 39.9 Å². The molecule has 0 aliphatic rings. The molecule has 0 amide bonds. The zero-order valence-electron chi connectivity index (χ0n) is 9.11. The first-order chi connectivity index (χ1) is 6.25. The van der Waals surface area contributed by atoms with E-state index in [-0.39, 0.29) is 24.2 Å². The topological polar surface area (TPSA) is 85.4 Å². The Labute approximate surface area is 85.0 Å². The molecule has 84 valence electrons. The lowest BCUT2D eigenvalue weighted by Crippen LogP contribution is -2.20. The molecule has 0 atom stereocenters. The molecule has 0 rings (SSSR count). The molecule has 0 aromatic rings. The van der Waals surface area contributed by atoms with Crippen molar-refractivity contribution in [1.29, 1.82) is 5.41 Å². The normalized spacial score (nSPS) is 12.4. The third kappa shape index (κ3) is 6.13. The van der Waals surface area contributed by atoms with Crippen LogP contribution in [0.3, 0.4) is 0 Å². The lowest BCUT2D eigenvalue weighted by atomic mass is 10.5. The molecular weight excluding hydrogens is 203 g/mol. The smallest absolute Gasteiger partial charge is 0.338 e. The molecule has 0 aromatic carbocycles. The Kier molecular flexibility index (Phi) is 5.34. The highest BCUT2D eigenvalue weighted by Gasteiger charge is 2.28. The van der Waals surface area contributed by atoms with E-state index in [2.05, 4.69) is 0 Å². The standard InChI is InChI=1S/C8H19N2O3P/c1-6(2)12-14(11,5-8(9)10)13-7(3)4/h6-7H,5H2,1-4H3,(H3,9,10). The minimum atomic E-state index is -3.24. The molecule has 5 nitrogen and oxygen atoms in total. The second-order valence-corrected chi connectivity index (χ2v) is 5.56. The Morgan fingerprint density at radius 2 is 1.64 bits per heavy atom. The molecule has 0 spiro atoms. The van der Waals surface area contributed by atoms with Gasteiger partial charge in [0.2, 0.25) is 0 Å². The second kappa shape index (κ2) is 5.49. The van der Waals surface area contributed by atoms with Gasteiger partial charge in [-0.25, -0.2) is 0 Å². The number of amidine groups is 1. The van der Waals surface area contributed by atoms with Crippen LogP contribution >= 0.6 is 7.60 Å². The van der Waals surface area contributed by atoms with E-state index in [1.807, 2.05) is 0 Å². The van der Waals surface area contributed by atoms with Crippen molar-refractivity contribution in [2.75, 3.05) is 6.16 Å². The third-order valence-corrected chi connectivity index (χ3v) is 3.32. The van der Waals surface area contributed by atoms with Gasteiger partial charge in [-0.15, -0.1) is 0 Å². The van der Waals surface area contributed by atoms with Crippen LogP contribution in [0.5, 0.6) is 0 Å². The highest BCUT2D eigenvalue weighted by atomic mass is 31.2. The molecule has 0 heterocycles. The SMILES string of the molecule is CC(C)OP(=O)(CC(=N)N)OC(C)C. The van der Waals surface area contributed by atoms with Crippen molar-refractivity contribution in [3.63, 3.8) is 0 Å². The van der Waals surface area contributed by atoms with Gasteiger partial charge in [0.1, 0.15) is 12.0 Å². The van der Waals surface area contributed by atoms with Crippen molar-refractivity contribution >= 4 is 13.4 Å². The fraction of sp³-hybridized carbons (Fsp3) is 0.875. The number of nitrogens with two attached hydrogens (primary N) is 1. The van der Waals surface area contributed by atoms with Crippen molar-refractivity contribution in [1.82, 2.24) is 0 Å². The first-order valence-corrected chi connectivity index (χ1v) is 6.26. The Bertz CT molecular complexity index is 227. The zero-order valence-corrected chi connectivity index (χ0v) is 10.0. The summed E-state index contributed by atoms with van der Waals surface area (Å²) in [6.45, 7) is 7.04. The van der Waals surface area contributed by atoms with Crippen molar-refractivity contribution in [3.05, 3.63) is 0 Å². The van der Waals surface area contributed by atoms with Gasteiger partial charge in [0.15, 0.2) is 0 Å². The van der Waals surface area contributed by atoms with Crippen LogP contribution in [0.15, 0.2) is 0 Å². The highest BCUT2D eigenvalue weighted by Crippen LogP contribution is 2.49. The molecule has 0 radical (unpaired) electrons. The molecule has 0 fully saturated rings. The maximum absolute atomic E-state index is 12.0. The van der Waals surface area contributed by atoms with E-state index in [4.69, 9.17) is 20.2 Å². The molecule has 0 aliphatic heterocycles. The second-order valence-electron chi connectivity index (χ2n) is 3.60. The first kappa shape index (κ1) is 13.6. The molecule has 0 aliphatic carbocycles. The van der Waals surface area contributed by atoms with Crippen LogP contribution in [0.1, 0.15) is 27.7 Å². The largest absolute Gasteiger partial charge is 0.387 e. The summed E-state index contributed by atoms with van der Waals surface area (Å²) in [5.74, 6) is -0.186. The lowest BCUT2D eigenvalue weighted by Gasteiger charge is -2.22. The van der Waals surface area contributed by atoms with Crippen LogP contribution in [-0.4, -0.2) is 24.2 Å². The predicted octanol–water partition coefficient (Wildman–Crippen LogP) is 1.97. The number of nitrogens with one attached hydrogen (secondary N) is 1. The van der Waals surface area contributed by atoms with E-state index < -0.39 is 7.60 Å². The summed E-state index contributed by atoms with van der Waals surface area (Å²) in [6, 6.07) is 0. The van der Waals surface area contributed by atoms with Gasteiger partial charge in [-0.3, -0.25) is 9.97 Å². The Morgan fingerprint density at radius 1 is 1.29 bits per heavy atom. The minimum absolute atomic E-state index is 0.149. The molecule has 6 heteroatoms. The summed E-state index contributed by atoms with van der Waals surface area (Å²) >= 11 is 0. The van der Waals surface area contributed by atoms with E-state index in [1.54, 1.807) is 27.7 Å². The zero-order chi connectivity index (χ0) is 11.4. The van der Waals surface area contributed by atoms with Gasteiger partial charge >= 0.3 is 7.60 Å². The fourth-order valence-corrected chi connectivity index (χ4v) is 2.85. The first-order valence-electron chi connectivity index (χ1n) is 4.54. The van der Waals surface area contributed by atoms with E-state index >= 15 is 0 Å². The fourth-order valence-electron chi connectivity index (χ4n) is 0.950. The molecule has 0 saturated carbocycles. The van der Waals surface area contributed by atoms with Crippen LogP contribution in [0.4, 0.5) is 0 Å². The molecular formula is C8H19N2O3P. The summed E-state index contributed by atoms with van der Waals surface area (Å²) in [5.41, 5.74) is 5.18. The van der Waals surface area contributed by atoms with Gasteiger partial charge in [0.05, 0.1) is 12.2 Å². The average Bonchev–Trinajstić information content (AvgIpc) is 1.76. The van der Waals surface area contributed by atoms with Crippen LogP contribution in [0, 0.1) is 5.41 Å². The van der Waals surface area contributed by atoms with E-state index in [0.29, 0.717) is 0 Å².